The van der Waals surface area contributed by atoms with Crippen molar-refractivity contribution >= 4 is 34.2 Å². The summed E-state index contributed by atoms with van der Waals surface area (Å²) in [4.78, 5) is 25.7. The van der Waals surface area contributed by atoms with Gasteiger partial charge in [-0.2, -0.15) is 0 Å². The molecule has 0 bridgehead atoms. The number of benzene rings is 3. The molecule has 0 aliphatic carbocycles. The van der Waals surface area contributed by atoms with E-state index in [0.29, 0.717) is 28.0 Å². The smallest absolute Gasteiger partial charge is 0.293 e. The van der Waals surface area contributed by atoms with Crippen LogP contribution in [0.25, 0.3) is 11.0 Å². The number of halogens is 1. The number of carbonyl (C=O) groups is 2. The third-order valence-electron chi connectivity index (χ3n) is 4.96. The van der Waals surface area contributed by atoms with Crippen LogP contribution >= 0.6 is 0 Å². The first-order valence-corrected chi connectivity index (χ1v) is 10.1. The van der Waals surface area contributed by atoms with Crippen molar-refractivity contribution in [3.63, 3.8) is 0 Å². The number of para-hydroxylation sites is 1. The first-order chi connectivity index (χ1) is 16.0. The lowest BCUT2D eigenvalue weighted by molar-refractivity contribution is -0.115. The molecule has 0 unspecified atom stereocenters. The van der Waals surface area contributed by atoms with E-state index in [1.807, 2.05) is 0 Å². The summed E-state index contributed by atoms with van der Waals surface area (Å²) >= 11 is 0. The third-order valence-corrected chi connectivity index (χ3v) is 4.96. The fourth-order valence-corrected chi connectivity index (χ4v) is 3.44. The zero-order valence-electron chi connectivity index (χ0n) is 18.0. The average molecular weight is 448 g/mol. The molecule has 0 spiro atoms. The van der Waals surface area contributed by atoms with E-state index in [0.717, 1.165) is 0 Å². The lowest BCUT2D eigenvalue weighted by atomic mass is 10.1. The molecule has 7 nitrogen and oxygen atoms in total. The molecular formula is C25H21FN2O5. The Balaban J connectivity index is 1.60. The van der Waals surface area contributed by atoms with Crippen molar-refractivity contribution in [2.45, 2.75) is 6.42 Å². The lowest BCUT2D eigenvalue weighted by Gasteiger charge is -2.10. The number of carbonyl (C=O) groups excluding carboxylic acids is 2. The third kappa shape index (κ3) is 4.79. The van der Waals surface area contributed by atoms with Gasteiger partial charge in [0.05, 0.1) is 20.6 Å². The molecular weight excluding hydrogens is 427 g/mol. The van der Waals surface area contributed by atoms with Crippen LogP contribution in [0.2, 0.25) is 0 Å². The fraction of sp³-hybridized carbons (Fsp3) is 0.120. The zero-order valence-corrected chi connectivity index (χ0v) is 18.0. The highest BCUT2D eigenvalue weighted by Crippen LogP contribution is 2.32. The number of furan rings is 1. The predicted octanol–water partition coefficient (Wildman–Crippen LogP) is 5.02. The Kier molecular flexibility index (Phi) is 6.26. The van der Waals surface area contributed by atoms with E-state index in [1.165, 1.54) is 32.4 Å². The maximum Gasteiger partial charge on any atom is 0.293 e. The van der Waals surface area contributed by atoms with Gasteiger partial charge >= 0.3 is 0 Å². The summed E-state index contributed by atoms with van der Waals surface area (Å²) in [7, 11) is 3.05. The van der Waals surface area contributed by atoms with Gasteiger partial charge in [0.15, 0.2) is 11.5 Å². The van der Waals surface area contributed by atoms with E-state index in [2.05, 4.69) is 10.6 Å². The van der Waals surface area contributed by atoms with Crippen molar-refractivity contribution in [1.82, 2.24) is 0 Å². The summed E-state index contributed by atoms with van der Waals surface area (Å²) in [6, 6.07) is 17.6. The normalized spacial score (nSPS) is 10.6. The highest BCUT2D eigenvalue weighted by Gasteiger charge is 2.23. The number of rotatable bonds is 7. The SMILES string of the molecule is COc1ccc(CC(=O)Nc2c(C(=O)Nc3cccc(F)c3)oc3ccccc23)cc1OC. The molecule has 3 aromatic carbocycles. The Bertz CT molecular complexity index is 1330. The topological polar surface area (TPSA) is 89.8 Å². The predicted molar refractivity (Wildman–Crippen MR) is 122 cm³/mol. The van der Waals surface area contributed by atoms with E-state index in [9.17, 15) is 14.0 Å². The summed E-state index contributed by atoms with van der Waals surface area (Å²) in [6.45, 7) is 0. The second-order valence-electron chi connectivity index (χ2n) is 7.18. The molecule has 2 N–H and O–H groups in total. The van der Waals surface area contributed by atoms with Gasteiger partial charge in [-0.15, -0.1) is 0 Å². The number of amides is 2. The standard InChI is InChI=1S/C25H21FN2O5/c1-31-20-11-10-15(12-21(20)32-2)13-22(29)28-23-18-8-3-4-9-19(18)33-24(23)25(30)27-17-7-5-6-16(26)14-17/h3-12,14H,13H2,1-2H3,(H,27,30)(H,28,29). The second kappa shape index (κ2) is 9.44. The van der Waals surface area contributed by atoms with Crippen LogP contribution in [0.5, 0.6) is 11.5 Å². The fourth-order valence-electron chi connectivity index (χ4n) is 3.44. The van der Waals surface area contributed by atoms with Gasteiger partial charge < -0.3 is 24.5 Å². The molecule has 1 aromatic heterocycles. The first kappa shape index (κ1) is 21.9. The van der Waals surface area contributed by atoms with Crippen LogP contribution in [0.4, 0.5) is 15.8 Å². The van der Waals surface area contributed by atoms with Crippen molar-refractivity contribution in [2.75, 3.05) is 24.9 Å². The molecule has 0 saturated heterocycles. The average Bonchev–Trinajstić information content (AvgIpc) is 3.17. The van der Waals surface area contributed by atoms with Crippen LogP contribution in [0.3, 0.4) is 0 Å². The second-order valence-corrected chi connectivity index (χ2v) is 7.18. The highest BCUT2D eigenvalue weighted by molar-refractivity contribution is 6.14. The Labute approximate surface area is 189 Å². The summed E-state index contributed by atoms with van der Waals surface area (Å²) in [5, 5.41) is 5.95. The van der Waals surface area contributed by atoms with Gasteiger partial charge in [0.2, 0.25) is 11.7 Å². The van der Waals surface area contributed by atoms with Gasteiger partial charge in [0.25, 0.3) is 5.91 Å². The van der Waals surface area contributed by atoms with Gasteiger partial charge in [0.1, 0.15) is 17.1 Å². The number of fused-ring (bicyclic) bond motifs is 1. The molecule has 0 fully saturated rings. The minimum Gasteiger partial charge on any atom is -0.493 e. The van der Waals surface area contributed by atoms with Crippen molar-refractivity contribution < 1.29 is 27.9 Å². The molecule has 4 aromatic rings. The van der Waals surface area contributed by atoms with E-state index < -0.39 is 11.7 Å². The molecule has 0 radical (unpaired) electrons. The van der Waals surface area contributed by atoms with Crippen LogP contribution in [-0.2, 0) is 11.2 Å². The maximum absolute atomic E-state index is 13.5. The molecule has 2 amide bonds. The molecule has 4 rings (SSSR count). The Morgan fingerprint density at radius 3 is 2.45 bits per heavy atom. The molecule has 1 heterocycles. The van der Waals surface area contributed by atoms with Gasteiger partial charge in [0, 0.05) is 11.1 Å². The van der Waals surface area contributed by atoms with Gasteiger partial charge in [-0.1, -0.05) is 24.3 Å². The van der Waals surface area contributed by atoms with Crippen molar-refractivity contribution in [3.05, 3.63) is 83.9 Å². The Morgan fingerprint density at radius 1 is 0.909 bits per heavy atom. The summed E-state index contributed by atoms with van der Waals surface area (Å²) in [6.07, 6.45) is 0.0326. The van der Waals surface area contributed by atoms with E-state index >= 15 is 0 Å². The van der Waals surface area contributed by atoms with Gasteiger partial charge in [-0.05, 0) is 48.0 Å². The number of ether oxygens (including phenoxy) is 2. The monoisotopic (exact) mass is 448 g/mol. The molecule has 0 atom stereocenters. The molecule has 168 valence electrons. The number of hydrogen-bond donors (Lipinski definition) is 2. The zero-order chi connectivity index (χ0) is 23.4. The number of nitrogens with one attached hydrogen (secondary N) is 2. The quantitative estimate of drug-likeness (QED) is 0.414. The lowest BCUT2D eigenvalue weighted by Crippen LogP contribution is -2.18. The molecule has 8 heteroatoms. The highest BCUT2D eigenvalue weighted by atomic mass is 19.1. The summed E-state index contributed by atoms with van der Waals surface area (Å²) in [5.41, 5.74) is 1.64. The minimum atomic E-state index is -0.613. The van der Waals surface area contributed by atoms with Crippen LogP contribution in [-0.4, -0.2) is 26.0 Å². The van der Waals surface area contributed by atoms with E-state index in [1.54, 1.807) is 48.5 Å². The maximum atomic E-state index is 13.5. The van der Waals surface area contributed by atoms with Crippen molar-refractivity contribution in [3.8, 4) is 11.5 Å². The number of methoxy groups -OCH3 is 2. The summed E-state index contributed by atoms with van der Waals surface area (Å²) < 4.78 is 29.7. The minimum absolute atomic E-state index is 0.0326. The van der Waals surface area contributed by atoms with Crippen LogP contribution in [0, 0.1) is 5.82 Å². The first-order valence-electron chi connectivity index (χ1n) is 10.1. The largest absolute Gasteiger partial charge is 0.493 e. The van der Waals surface area contributed by atoms with E-state index in [-0.39, 0.29) is 29.5 Å². The van der Waals surface area contributed by atoms with Crippen LogP contribution in [0.1, 0.15) is 16.1 Å². The van der Waals surface area contributed by atoms with Crippen LogP contribution < -0.4 is 20.1 Å². The van der Waals surface area contributed by atoms with Crippen molar-refractivity contribution in [2.24, 2.45) is 0 Å². The molecule has 0 aliphatic heterocycles. The number of anilines is 2. The summed E-state index contributed by atoms with van der Waals surface area (Å²) in [5.74, 6) is -0.473. The Morgan fingerprint density at radius 2 is 1.70 bits per heavy atom. The molecule has 0 saturated carbocycles. The van der Waals surface area contributed by atoms with Crippen LogP contribution in [0.15, 0.2) is 71.1 Å². The Hall–Kier alpha value is -4.33. The van der Waals surface area contributed by atoms with Crippen molar-refractivity contribution in [1.29, 1.82) is 0 Å². The molecule has 33 heavy (non-hydrogen) atoms. The number of hydrogen-bond acceptors (Lipinski definition) is 5. The van der Waals surface area contributed by atoms with E-state index in [4.69, 9.17) is 13.9 Å². The van der Waals surface area contributed by atoms with Gasteiger partial charge in [-0.25, -0.2) is 4.39 Å². The van der Waals surface area contributed by atoms with Gasteiger partial charge in [-0.3, -0.25) is 9.59 Å². The molecule has 0 aliphatic rings.